The van der Waals surface area contributed by atoms with Crippen LogP contribution in [0.5, 0.6) is 0 Å². The summed E-state index contributed by atoms with van der Waals surface area (Å²) in [6.45, 7) is 0. The Kier molecular flexibility index (Phi) is 5.76. The maximum Gasteiger partial charge on any atom is 0.355 e. The minimum Gasteiger partial charge on any atom is -0.422 e. The molecule has 0 aliphatic carbocycles. The van der Waals surface area contributed by atoms with Gasteiger partial charge in [-0.15, -0.1) is 0 Å². The summed E-state index contributed by atoms with van der Waals surface area (Å²) in [6, 6.07) is 11.7. The van der Waals surface area contributed by atoms with Gasteiger partial charge in [0.15, 0.2) is 34.6 Å². The van der Waals surface area contributed by atoms with E-state index in [9.17, 15) is 26.4 Å². The summed E-state index contributed by atoms with van der Waals surface area (Å²) < 4.78 is 62.9. The van der Waals surface area contributed by atoms with Gasteiger partial charge in [-0.05, 0) is 93.7 Å². The predicted molar refractivity (Wildman–Crippen MR) is 130 cm³/mol. The topological polar surface area (TPSA) is 129 Å². The molecule has 0 fully saturated rings. The van der Waals surface area contributed by atoms with Crippen molar-refractivity contribution in [1.82, 2.24) is 0 Å². The van der Waals surface area contributed by atoms with E-state index in [0.717, 1.165) is 19.3 Å². The number of rotatable bonds is 4. The fourth-order valence-corrected chi connectivity index (χ4v) is 7.80. The molecule has 0 amide bonds. The molecule has 2 heterocycles. The van der Waals surface area contributed by atoms with Crippen molar-refractivity contribution in [2.75, 3.05) is 5.08 Å². The second kappa shape index (κ2) is 7.97. The van der Waals surface area contributed by atoms with Crippen LogP contribution in [-0.2, 0) is 19.7 Å². The third kappa shape index (κ3) is 4.42. The lowest BCUT2D eigenvalue weighted by molar-refractivity contribution is 0.531. The smallest absolute Gasteiger partial charge is 0.355 e. The maximum atomic E-state index is 12.8. The normalized spacial score (nSPS) is 12.5. The van der Waals surface area contributed by atoms with E-state index in [1.165, 1.54) is 12.1 Å². The Hall–Kier alpha value is -1.78. The molecule has 160 valence electrons. The van der Waals surface area contributed by atoms with Gasteiger partial charge in [0.2, 0.25) is 0 Å². The average Bonchev–Trinajstić information content (AvgIpc) is 2.66. The van der Waals surface area contributed by atoms with Crippen LogP contribution < -0.4 is 11.3 Å². The van der Waals surface area contributed by atoms with Crippen molar-refractivity contribution in [3.63, 3.8) is 0 Å². The highest BCUT2D eigenvalue weighted by atomic mass is 127. The van der Waals surface area contributed by atoms with E-state index >= 15 is 0 Å². The Labute approximate surface area is 202 Å². The molecule has 0 aliphatic rings. The Morgan fingerprint density at radius 2 is 1.03 bits per heavy atom. The summed E-state index contributed by atoms with van der Waals surface area (Å²) in [5.74, 6) is 0. The van der Waals surface area contributed by atoms with Crippen molar-refractivity contribution >= 4 is 86.8 Å². The van der Waals surface area contributed by atoms with Crippen molar-refractivity contribution in [2.45, 2.75) is 9.79 Å². The Balaban J connectivity index is 1.83. The van der Waals surface area contributed by atoms with Crippen molar-refractivity contribution < 1.29 is 25.7 Å². The van der Waals surface area contributed by atoms with Gasteiger partial charge in [-0.3, -0.25) is 0 Å². The third-order valence-electron chi connectivity index (χ3n) is 4.30. The molecule has 0 unspecified atom stereocenters. The molecular weight excluding hydrogens is 674 g/mol. The first-order valence-corrected chi connectivity index (χ1v) is 13.8. The van der Waals surface area contributed by atoms with Crippen molar-refractivity contribution in [3.8, 4) is 0 Å². The van der Waals surface area contributed by atoms with E-state index < -0.39 is 45.8 Å². The highest BCUT2D eigenvalue weighted by Gasteiger charge is 2.31. The zero-order chi connectivity index (χ0) is 22.6. The molecule has 31 heavy (non-hydrogen) atoms. The molecule has 0 saturated heterocycles. The van der Waals surface area contributed by atoms with E-state index in [1.807, 2.05) is 45.2 Å². The molecule has 2 aromatic heterocycles. The van der Waals surface area contributed by atoms with Crippen LogP contribution in [0.1, 0.15) is 0 Å². The van der Waals surface area contributed by atoms with Gasteiger partial charge in [0, 0.05) is 17.9 Å². The SMILES string of the molecule is O=c1oc2ccc(I)cc2cc1S(=O)(=O)CS(=O)(=O)c1cc2cc(I)ccc2oc1=O. The first-order chi connectivity index (χ1) is 14.5. The van der Waals surface area contributed by atoms with Crippen LogP contribution >= 0.6 is 45.2 Å². The number of hydrogen-bond acceptors (Lipinski definition) is 8. The molecule has 8 nitrogen and oxygen atoms in total. The Morgan fingerprint density at radius 1 is 0.645 bits per heavy atom. The maximum absolute atomic E-state index is 12.8. The van der Waals surface area contributed by atoms with E-state index in [4.69, 9.17) is 8.83 Å². The second-order valence-electron chi connectivity index (χ2n) is 6.51. The van der Waals surface area contributed by atoms with Crippen LogP contribution in [0.2, 0.25) is 0 Å². The van der Waals surface area contributed by atoms with Crippen molar-refractivity contribution in [3.05, 3.63) is 76.5 Å². The van der Waals surface area contributed by atoms with Crippen LogP contribution in [-0.4, -0.2) is 21.9 Å². The largest absolute Gasteiger partial charge is 0.422 e. The van der Waals surface area contributed by atoms with Gasteiger partial charge in [-0.2, -0.15) is 0 Å². The Morgan fingerprint density at radius 3 is 1.42 bits per heavy atom. The predicted octanol–water partition coefficient (Wildman–Crippen LogP) is 3.31. The highest BCUT2D eigenvalue weighted by molar-refractivity contribution is 14.1. The summed E-state index contributed by atoms with van der Waals surface area (Å²) >= 11 is 4.00. The average molecular weight is 684 g/mol. The van der Waals surface area contributed by atoms with Gasteiger partial charge in [0.05, 0.1) is 0 Å². The molecule has 0 aliphatic heterocycles. The lowest BCUT2D eigenvalue weighted by Crippen LogP contribution is -2.25. The summed E-state index contributed by atoms with van der Waals surface area (Å²) in [5, 5.41) is -0.843. The minimum atomic E-state index is -4.66. The van der Waals surface area contributed by atoms with E-state index in [1.54, 1.807) is 24.3 Å². The molecule has 0 bridgehead atoms. The lowest BCUT2D eigenvalue weighted by atomic mass is 10.2. The van der Waals surface area contributed by atoms with E-state index in [-0.39, 0.29) is 11.2 Å². The molecule has 0 spiro atoms. The molecule has 4 rings (SSSR count). The third-order valence-corrected chi connectivity index (χ3v) is 10.0. The van der Waals surface area contributed by atoms with Crippen LogP contribution in [0, 0.1) is 7.14 Å². The molecule has 0 atom stereocenters. The zero-order valence-corrected chi connectivity index (χ0v) is 21.1. The summed E-state index contributed by atoms with van der Waals surface area (Å²) in [6.07, 6.45) is 0. The first kappa shape index (κ1) is 22.4. The molecule has 2 aromatic carbocycles. The molecule has 0 N–H and O–H groups in total. The number of benzene rings is 2. The molecular formula is C19H10I2O8S2. The monoisotopic (exact) mass is 684 g/mol. The van der Waals surface area contributed by atoms with Gasteiger partial charge in [-0.1, -0.05) is 0 Å². The Bertz CT molecular complexity index is 1570. The van der Waals surface area contributed by atoms with Gasteiger partial charge in [0.25, 0.3) is 0 Å². The quantitative estimate of drug-likeness (QED) is 0.237. The van der Waals surface area contributed by atoms with Gasteiger partial charge < -0.3 is 8.83 Å². The minimum absolute atomic E-state index is 0.164. The first-order valence-electron chi connectivity index (χ1n) is 8.39. The van der Waals surface area contributed by atoms with Crippen LogP contribution in [0.25, 0.3) is 21.9 Å². The second-order valence-corrected chi connectivity index (χ2v) is 13.3. The molecule has 12 heteroatoms. The fraction of sp³-hybridized carbons (Fsp3) is 0.0526. The van der Waals surface area contributed by atoms with Crippen molar-refractivity contribution in [2.24, 2.45) is 0 Å². The summed E-state index contributed by atoms with van der Waals surface area (Å²) in [5.41, 5.74) is -2.05. The van der Waals surface area contributed by atoms with E-state index in [0.29, 0.717) is 10.8 Å². The fourth-order valence-electron chi connectivity index (χ4n) is 2.92. The zero-order valence-electron chi connectivity index (χ0n) is 15.2. The van der Waals surface area contributed by atoms with Crippen LogP contribution in [0.4, 0.5) is 0 Å². The van der Waals surface area contributed by atoms with Crippen molar-refractivity contribution in [1.29, 1.82) is 0 Å². The number of halogens is 2. The van der Waals surface area contributed by atoms with E-state index in [2.05, 4.69) is 0 Å². The highest BCUT2D eigenvalue weighted by Crippen LogP contribution is 2.23. The standard InChI is InChI=1S/C19H10I2O8S2/c20-12-1-3-14-10(5-12)7-16(18(22)28-14)30(24,25)9-31(26,27)17-8-11-6-13(21)2-4-15(11)29-19(17)23/h1-8H,9H2. The lowest BCUT2D eigenvalue weighted by Gasteiger charge is -2.07. The number of sulfone groups is 2. The number of fused-ring (bicyclic) bond motifs is 2. The van der Waals surface area contributed by atoms with Crippen LogP contribution in [0.15, 0.2) is 76.7 Å². The van der Waals surface area contributed by atoms with Gasteiger partial charge in [-0.25, -0.2) is 26.4 Å². The molecule has 0 radical (unpaired) electrons. The number of hydrogen-bond donors (Lipinski definition) is 0. The summed E-state index contributed by atoms with van der Waals surface area (Å²) in [7, 11) is -9.32. The van der Waals surface area contributed by atoms with Gasteiger partial charge >= 0.3 is 11.3 Å². The molecule has 4 aromatic rings. The molecule has 0 saturated carbocycles. The summed E-state index contributed by atoms with van der Waals surface area (Å²) in [4.78, 5) is 22.9. The van der Waals surface area contributed by atoms with Gasteiger partial charge in [0.1, 0.15) is 11.2 Å². The van der Waals surface area contributed by atoms with Crippen LogP contribution in [0.3, 0.4) is 0 Å².